The highest BCUT2D eigenvalue weighted by molar-refractivity contribution is 7.89. The summed E-state index contributed by atoms with van der Waals surface area (Å²) in [5.41, 5.74) is 5.90. The lowest BCUT2D eigenvalue weighted by molar-refractivity contribution is 0.598. The lowest BCUT2D eigenvalue weighted by Gasteiger charge is -2.12. The molecule has 2 aromatic carbocycles. The van der Waals surface area contributed by atoms with Gasteiger partial charge in [0.1, 0.15) is 10.7 Å². The summed E-state index contributed by atoms with van der Waals surface area (Å²) in [6, 6.07) is 7.94. The number of benzene rings is 2. The zero-order valence-corrected chi connectivity index (χ0v) is 11.7. The molecule has 5 N–H and O–H groups in total. The van der Waals surface area contributed by atoms with Gasteiger partial charge in [0.2, 0.25) is 10.0 Å². The summed E-state index contributed by atoms with van der Waals surface area (Å²) in [6.07, 6.45) is 0. The Morgan fingerprint density at radius 1 is 1.10 bits per heavy atom. The summed E-state index contributed by atoms with van der Waals surface area (Å²) in [6.45, 7) is 0. The number of nitrogen functional groups attached to an aromatic ring is 1. The van der Waals surface area contributed by atoms with Gasteiger partial charge in [-0.2, -0.15) is 0 Å². The van der Waals surface area contributed by atoms with E-state index < -0.39 is 15.8 Å². The topological polar surface area (TPSA) is 98.2 Å². The van der Waals surface area contributed by atoms with Crippen LogP contribution in [0.4, 0.5) is 21.5 Å². The molecular weight excluding hydrogens is 305 g/mol. The number of halogens is 2. The van der Waals surface area contributed by atoms with E-state index in [0.717, 1.165) is 0 Å². The minimum Gasteiger partial charge on any atom is -0.399 e. The number of primary sulfonamides is 1. The minimum atomic E-state index is -4.00. The summed E-state index contributed by atoms with van der Waals surface area (Å²) in [5.74, 6) is -0.577. The Morgan fingerprint density at radius 3 is 2.45 bits per heavy atom. The van der Waals surface area contributed by atoms with Crippen molar-refractivity contribution in [3.63, 3.8) is 0 Å². The number of rotatable bonds is 3. The first kappa shape index (κ1) is 14.6. The normalized spacial score (nSPS) is 11.3. The Kier molecular flexibility index (Phi) is 3.85. The molecule has 0 aliphatic rings. The molecule has 0 amide bonds. The fourth-order valence-electron chi connectivity index (χ4n) is 1.62. The van der Waals surface area contributed by atoms with Gasteiger partial charge in [0, 0.05) is 10.7 Å². The van der Waals surface area contributed by atoms with E-state index in [9.17, 15) is 12.8 Å². The zero-order chi connectivity index (χ0) is 14.9. The zero-order valence-electron chi connectivity index (χ0n) is 10.1. The molecule has 0 spiro atoms. The van der Waals surface area contributed by atoms with E-state index in [1.165, 1.54) is 36.4 Å². The summed E-state index contributed by atoms with van der Waals surface area (Å²) in [5, 5.41) is 8.05. The molecule has 2 aromatic rings. The summed E-state index contributed by atoms with van der Waals surface area (Å²) >= 11 is 5.77. The maximum Gasteiger partial charge on any atom is 0.240 e. The average Bonchev–Trinajstić information content (AvgIpc) is 2.34. The molecule has 0 heterocycles. The standard InChI is InChI=1S/C12H11ClFN3O2S/c13-7-1-3-9(14)11(5-7)17-10-4-2-8(15)6-12(10)20(16,18)19/h1-6,17H,15H2,(H2,16,18,19). The van der Waals surface area contributed by atoms with Gasteiger partial charge in [-0.15, -0.1) is 0 Å². The first-order valence-electron chi connectivity index (χ1n) is 5.42. The predicted octanol–water partition coefficient (Wildman–Crippen LogP) is 2.45. The lowest BCUT2D eigenvalue weighted by atomic mass is 10.2. The highest BCUT2D eigenvalue weighted by atomic mass is 35.5. The van der Waals surface area contributed by atoms with Crippen molar-refractivity contribution in [3.05, 3.63) is 47.2 Å². The van der Waals surface area contributed by atoms with Crippen LogP contribution in [0, 0.1) is 5.82 Å². The van der Waals surface area contributed by atoms with Crippen LogP contribution in [-0.4, -0.2) is 8.42 Å². The van der Waals surface area contributed by atoms with E-state index >= 15 is 0 Å². The van der Waals surface area contributed by atoms with Crippen LogP contribution in [0.2, 0.25) is 5.02 Å². The van der Waals surface area contributed by atoms with E-state index in [4.69, 9.17) is 22.5 Å². The number of nitrogens with two attached hydrogens (primary N) is 2. The molecule has 0 unspecified atom stereocenters. The van der Waals surface area contributed by atoms with E-state index in [2.05, 4.69) is 5.32 Å². The molecular formula is C12H11ClFN3O2S. The first-order valence-corrected chi connectivity index (χ1v) is 7.34. The second-order valence-corrected chi connectivity index (χ2v) is 6.02. The van der Waals surface area contributed by atoms with Gasteiger partial charge >= 0.3 is 0 Å². The third kappa shape index (κ3) is 3.19. The third-order valence-electron chi connectivity index (χ3n) is 2.51. The molecule has 0 saturated carbocycles. The maximum absolute atomic E-state index is 13.6. The minimum absolute atomic E-state index is 0.0344. The maximum atomic E-state index is 13.6. The van der Waals surface area contributed by atoms with Crippen molar-refractivity contribution in [1.82, 2.24) is 0 Å². The number of anilines is 3. The monoisotopic (exact) mass is 315 g/mol. The van der Waals surface area contributed by atoms with E-state index in [1.54, 1.807) is 0 Å². The van der Waals surface area contributed by atoms with Crippen LogP contribution in [0.1, 0.15) is 0 Å². The Labute approximate surface area is 120 Å². The summed E-state index contributed by atoms with van der Waals surface area (Å²) in [7, 11) is -4.00. The van der Waals surface area contributed by atoms with Crippen LogP contribution in [0.3, 0.4) is 0 Å². The van der Waals surface area contributed by atoms with Crippen LogP contribution in [0.15, 0.2) is 41.3 Å². The molecule has 0 bridgehead atoms. The highest BCUT2D eigenvalue weighted by Gasteiger charge is 2.15. The van der Waals surface area contributed by atoms with Gasteiger partial charge in [-0.05, 0) is 36.4 Å². The van der Waals surface area contributed by atoms with Gasteiger partial charge in [-0.3, -0.25) is 0 Å². The van der Waals surface area contributed by atoms with Gasteiger partial charge in [0.25, 0.3) is 0 Å². The number of sulfonamides is 1. The molecule has 2 rings (SSSR count). The van der Waals surface area contributed by atoms with Crippen molar-refractivity contribution < 1.29 is 12.8 Å². The molecule has 0 saturated heterocycles. The van der Waals surface area contributed by atoms with E-state index in [1.807, 2.05) is 0 Å². The van der Waals surface area contributed by atoms with Crippen LogP contribution in [0.25, 0.3) is 0 Å². The Bertz CT molecular complexity index is 765. The van der Waals surface area contributed by atoms with Crippen molar-refractivity contribution >= 4 is 38.7 Å². The Hall–Kier alpha value is -1.83. The van der Waals surface area contributed by atoms with Crippen LogP contribution >= 0.6 is 11.6 Å². The molecule has 0 aliphatic carbocycles. The summed E-state index contributed by atoms with van der Waals surface area (Å²) in [4.78, 5) is -0.225. The molecule has 0 fully saturated rings. The second-order valence-electron chi connectivity index (χ2n) is 4.05. The average molecular weight is 316 g/mol. The fourth-order valence-corrected chi connectivity index (χ4v) is 2.51. The molecule has 0 radical (unpaired) electrons. The predicted molar refractivity (Wildman–Crippen MR) is 76.9 cm³/mol. The molecule has 106 valence electrons. The molecule has 8 heteroatoms. The smallest absolute Gasteiger partial charge is 0.240 e. The third-order valence-corrected chi connectivity index (χ3v) is 3.70. The van der Waals surface area contributed by atoms with Crippen molar-refractivity contribution in [3.8, 4) is 0 Å². The van der Waals surface area contributed by atoms with Gasteiger partial charge in [-0.25, -0.2) is 17.9 Å². The van der Waals surface area contributed by atoms with Crippen molar-refractivity contribution in [1.29, 1.82) is 0 Å². The quantitative estimate of drug-likeness (QED) is 0.758. The van der Waals surface area contributed by atoms with Crippen LogP contribution in [-0.2, 0) is 10.0 Å². The first-order chi connectivity index (χ1) is 9.27. The number of hydrogen-bond acceptors (Lipinski definition) is 4. The van der Waals surface area contributed by atoms with E-state index in [0.29, 0.717) is 5.02 Å². The van der Waals surface area contributed by atoms with Gasteiger partial charge in [-0.1, -0.05) is 11.6 Å². The van der Waals surface area contributed by atoms with Crippen LogP contribution < -0.4 is 16.2 Å². The lowest BCUT2D eigenvalue weighted by Crippen LogP contribution is -2.14. The molecule has 0 atom stereocenters. The second kappa shape index (κ2) is 5.28. The largest absolute Gasteiger partial charge is 0.399 e. The highest BCUT2D eigenvalue weighted by Crippen LogP contribution is 2.28. The summed E-state index contributed by atoms with van der Waals surface area (Å²) < 4.78 is 36.7. The molecule has 5 nitrogen and oxygen atoms in total. The van der Waals surface area contributed by atoms with Gasteiger partial charge in [0.15, 0.2) is 0 Å². The Morgan fingerprint density at radius 2 is 1.80 bits per heavy atom. The molecule has 0 aliphatic heterocycles. The van der Waals surface area contributed by atoms with E-state index in [-0.39, 0.29) is 22.0 Å². The number of nitrogens with one attached hydrogen (secondary N) is 1. The van der Waals surface area contributed by atoms with Gasteiger partial charge in [0.05, 0.1) is 11.4 Å². The van der Waals surface area contributed by atoms with Crippen molar-refractivity contribution in [2.75, 3.05) is 11.1 Å². The molecule has 0 aromatic heterocycles. The fraction of sp³-hybridized carbons (Fsp3) is 0. The van der Waals surface area contributed by atoms with Gasteiger partial charge < -0.3 is 11.1 Å². The number of hydrogen-bond donors (Lipinski definition) is 3. The molecule has 20 heavy (non-hydrogen) atoms. The SMILES string of the molecule is Nc1ccc(Nc2cc(Cl)ccc2F)c(S(N)(=O)=O)c1. The van der Waals surface area contributed by atoms with Crippen molar-refractivity contribution in [2.24, 2.45) is 5.14 Å². The Balaban J connectivity index is 2.52. The van der Waals surface area contributed by atoms with Crippen molar-refractivity contribution in [2.45, 2.75) is 4.90 Å². The van der Waals surface area contributed by atoms with Crippen LogP contribution in [0.5, 0.6) is 0 Å².